The predicted octanol–water partition coefficient (Wildman–Crippen LogP) is 3.55. The fourth-order valence-corrected chi connectivity index (χ4v) is 4.25. The van der Waals surface area contributed by atoms with E-state index in [2.05, 4.69) is 29.8 Å². The number of hydrogen-bond acceptors (Lipinski definition) is 4. The summed E-state index contributed by atoms with van der Waals surface area (Å²) in [4.78, 5) is 21.4. The summed E-state index contributed by atoms with van der Waals surface area (Å²) in [6, 6.07) is 8.16. The van der Waals surface area contributed by atoms with Gasteiger partial charge in [0.1, 0.15) is 5.01 Å². The van der Waals surface area contributed by atoms with Crippen LogP contribution >= 0.6 is 11.3 Å². The predicted molar refractivity (Wildman–Crippen MR) is 95.6 cm³/mol. The number of likely N-dealkylation sites (tertiary alicyclic amines) is 1. The third-order valence-electron chi connectivity index (χ3n) is 4.74. The van der Waals surface area contributed by atoms with Crippen LogP contribution in [-0.2, 0) is 4.79 Å². The van der Waals surface area contributed by atoms with Gasteiger partial charge in [-0.25, -0.2) is 4.98 Å². The molecule has 1 aliphatic rings. The molecule has 1 fully saturated rings. The van der Waals surface area contributed by atoms with Gasteiger partial charge < -0.3 is 4.90 Å². The van der Waals surface area contributed by atoms with Crippen molar-refractivity contribution in [2.75, 3.05) is 26.7 Å². The number of thiazole rings is 1. The van der Waals surface area contributed by atoms with Gasteiger partial charge in [-0.2, -0.15) is 0 Å². The number of amides is 1. The van der Waals surface area contributed by atoms with Crippen LogP contribution in [0.2, 0.25) is 0 Å². The molecule has 0 spiro atoms. The zero-order valence-corrected chi connectivity index (χ0v) is 15.0. The normalized spacial score (nSPS) is 20.6. The number of para-hydroxylation sites is 1. The van der Waals surface area contributed by atoms with Crippen LogP contribution in [0.1, 0.15) is 37.7 Å². The number of rotatable bonds is 4. The van der Waals surface area contributed by atoms with E-state index in [4.69, 9.17) is 0 Å². The van der Waals surface area contributed by atoms with Crippen molar-refractivity contribution in [2.24, 2.45) is 5.92 Å². The molecule has 1 aromatic heterocycles. The van der Waals surface area contributed by atoms with Crippen molar-refractivity contribution >= 4 is 27.5 Å². The quantitative estimate of drug-likeness (QED) is 0.860. The van der Waals surface area contributed by atoms with Gasteiger partial charge in [0.25, 0.3) is 0 Å². The molecule has 2 aromatic rings. The first kappa shape index (κ1) is 16.4. The lowest BCUT2D eigenvalue weighted by Crippen LogP contribution is -2.43. The maximum Gasteiger partial charge on any atom is 0.237 e. The van der Waals surface area contributed by atoms with Crippen molar-refractivity contribution in [2.45, 2.75) is 32.7 Å². The Labute approximate surface area is 142 Å². The van der Waals surface area contributed by atoms with Gasteiger partial charge in [0, 0.05) is 13.6 Å². The largest absolute Gasteiger partial charge is 0.335 e. The Bertz CT molecular complexity index is 651. The molecule has 2 heterocycles. The number of aromatic nitrogens is 1. The van der Waals surface area contributed by atoms with Crippen molar-refractivity contribution in [3.05, 3.63) is 29.3 Å². The Hall–Kier alpha value is -1.46. The molecular formula is C18H25N3OS. The van der Waals surface area contributed by atoms with Crippen LogP contribution in [0.15, 0.2) is 24.3 Å². The van der Waals surface area contributed by atoms with E-state index in [0.29, 0.717) is 12.5 Å². The number of hydrogen-bond donors (Lipinski definition) is 0. The molecule has 0 aliphatic carbocycles. The number of carbonyl (C=O) groups is 1. The lowest BCUT2D eigenvalue weighted by Gasteiger charge is -2.32. The molecule has 1 saturated heterocycles. The number of piperidine rings is 1. The van der Waals surface area contributed by atoms with Crippen molar-refractivity contribution in [3.8, 4) is 0 Å². The number of benzene rings is 1. The first-order valence-electron chi connectivity index (χ1n) is 8.38. The molecule has 5 heteroatoms. The first-order valence-corrected chi connectivity index (χ1v) is 9.19. The van der Waals surface area contributed by atoms with Crippen LogP contribution in [0.5, 0.6) is 0 Å². The first-order chi connectivity index (χ1) is 11.0. The minimum absolute atomic E-state index is 0.0158. The third kappa shape index (κ3) is 3.72. The van der Waals surface area contributed by atoms with Gasteiger partial charge in [-0.3, -0.25) is 9.69 Å². The van der Waals surface area contributed by atoms with Gasteiger partial charge in [-0.15, -0.1) is 11.3 Å². The van der Waals surface area contributed by atoms with Crippen molar-refractivity contribution in [1.82, 2.24) is 14.8 Å². The van der Waals surface area contributed by atoms with Crippen LogP contribution in [0.4, 0.5) is 0 Å². The minimum Gasteiger partial charge on any atom is -0.335 e. The summed E-state index contributed by atoms with van der Waals surface area (Å²) in [5.41, 5.74) is 1.02. The highest BCUT2D eigenvalue weighted by Gasteiger charge is 2.24. The highest BCUT2D eigenvalue weighted by atomic mass is 32.1. The summed E-state index contributed by atoms with van der Waals surface area (Å²) in [7, 11) is 1.90. The molecular weight excluding hydrogens is 306 g/mol. The number of nitrogens with zero attached hydrogens (tertiary/aromatic N) is 3. The second-order valence-corrected chi connectivity index (χ2v) is 7.75. The molecule has 0 bridgehead atoms. The molecule has 1 amide bonds. The van der Waals surface area contributed by atoms with Crippen LogP contribution in [-0.4, -0.2) is 47.4 Å². The maximum atomic E-state index is 12.6. The van der Waals surface area contributed by atoms with Crippen molar-refractivity contribution in [1.29, 1.82) is 0 Å². The molecule has 23 heavy (non-hydrogen) atoms. The summed E-state index contributed by atoms with van der Waals surface area (Å²) in [6.07, 6.45) is 2.48. The highest BCUT2D eigenvalue weighted by molar-refractivity contribution is 7.18. The monoisotopic (exact) mass is 331 g/mol. The molecule has 124 valence electrons. The molecule has 0 saturated carbocycles. The van der Waals surface area contributed by atoms with Crippen molar-refractivity contribution in [3.63, 3.8) is 0 Å². The van der Waals surface area contributed by atoms with Gasteiger partial charge in [0.2, 0.25) is 5.91 Å². The second-order valence-electron chi connectivity index (χ2n) is 6.68. The van der Waals surface area contributed by atoms with E-state index in [1.54, 1.807) is 11.3 Å². The number of carbonyl (C=O) groups excluding carboxylic acids is 1. The van der Waals surface area contributed by atoms with Gasteiger partial charge in [-0.05, 0) is 44.4 Å². The minimum atomic E-state index is 0.0158. The fraction of sp³-hybridized carbons (Fsp3) is 0.556. The topological polar surface area (TPSA) is 36.4 Å². The summed E-state index contributed by atoms with van der Waals surface area (Å²) < 4.78 is 1.18. The average molecular weight is 331 g/mol. The van der Waals surface area contributed by atoms with Gasteiger partial charge >= 0.3 is 0 Å². The average Bonchev–Trinajstić information content (AvgIpc) is 2.97. The summed E-state index contributed by atoms with van der Waals surface area (Å²) >= 11 is 1.68. The van der Waals surface area contributed by atoms with E-state index in [0.717, 1.165) is 23.6 Å². The standard InChI is InChI=1S/C18H25N3OS/c1-13-7-6-10-21(11-13)12-17(22)20(3)14(2)18-19-15-8-4-5-9-16(15)23-18/h4-5,8-9,13-14H,6-7,10-12H2,1-3H3/t13-,14+/m1/s1. The van der Waals surface area contributed by atoms with E-state index in [1.165, 1.54) is 17.5 Å². The van der Waals surface area contributed by atoms with Gasteiger partial charge in [-0.1, -0.05) is 19.1 Å². The second kappa shape index (κ2) is 6.97. The molecule has 1 aromatic carbocycles. The SMILES string of the molecule is C[C@@H]1CCCN(CC(=O)N(C)[C@@H](C)c2nc3ccccc3s2)C1. The molecule has 0 N–H and O–H groups in total. The van der Waals surface area contributed by atoms with E-state index in [-0.39, 0.29) is 11.9 Å². The Balaban J connectivity index is 1.66. The smallest absolute Gasteiger partial charge is 0.237 e. The third-order valence-corrected chi connectivity index (χ3v) is 5.95. The zero-order chi connectivity index (χ0) is 16.4. The van der Waals surface area contributed by atoms with Crippen molar-refractivity contribution < 1.29 is 4.79 Å². The lowest BCUT2D eigenvalue weighted by atomic mass is 10.0. The fourth-order valence-electron chi connectivity index (χ4n) is 3.18. The van der Waals surface area contributed by atoms with Gasteiger partial charge in [0.15, 0.2) is 0 Å². The van der Waals surface area contributed by atoms with Gasteiger partial charge in [0.05, 0.1) is 22.8 Å². The van der Waals surface area contributed by atoms with E-state index < -0.39 is 0 Å². The summed E-state index contributed by atoms with van der Waals surface area (Å²) in [5.74, 6) is 0.884. The summed E-state index contributed by atoms with van der Waals surface area (Å²) in [5, 5.41) is 1.01. The Morgan fingerprint density at radius 3 is 3.00 bits per heavy atom. The molecule has 2 atom stereocenters. The zero-order valence-electron chi connectivity index (χ0n) is 14.2. The Morgan fingerprint density at radius 1 is 1.48 bits per heavy atom. The van der Waals surface area contributed by atoms with E-state index in [9.17, 15) is 4.79 Å². The maximum absolute atomic E-state index is 12.6. The summed E-state index contributed by atoms with van der Waals surface area (Å²) in [6.45, 7) is 6.93. The number of fused-ring (bicyclic) bond motifs is 1. The Morgan fingerprint density at radius 2 is 2.26 bits per heavy atom. The van der Waals surface area contributed by atoms with Crippen LogP contribution in [0.25, 0.3) is 10.2 Å². The van der Waals surface area contributed by atoms with E-state index in [1.807, 2.05) is 30.1 Å². The Kier molecular flexibility index (Phi) is 4.97. The molecule has 1 aliphatic heterocycles. The van der Waals surface area contributed by atoms with Crippen LogP contribution in [0, 0.1) is 5.92 Å². The van der Waals surface area contributed by atoms with Crippen LogP contribution < -0.4 is 0 Å². The lowest BCUT2D eigenvalue weighted by molar-refractivity contribution is -0.133. The molecule has 0 radical (unpaired) electrons. The molecule has 4 nitrogen and oxygen atoms in total. The van der Waals surface area contributed by atoms with Crippen LogP contribution in [0.3, 0.4) is 0 Å². The highest BCUT2D eigenvalue weighted by Crippen LogP contribution is 2.29. The van der Waals surface area contributed by atoms with E-state index >= 15 is 0 Å². The molecule has 3 rings (SSSR count). The number of likely N-dealkylation sites (N-methyl/N-ethyl adjacent to an activating group) is 1. The molecule has 0 unspecified atom stereocenters.